The number of rotatable bonds is 24. The van der Waals surface area contributed by atoms with Gasteiger partial charge in [0.2, 0.25) is 29.5 Å². The van der Waals surface area contributed by atoms with Crippen molar-refractivity contribution in [2.45, 2.75) is 115 Å². The van der Waals surface area contributed by atoms with Crippen molar-refractivity contribution in [3.63, 3.8) is 0 Å². The summed E-state index contributed by atoms with van der Waals surface area (Å²) in [4.78, 5) is 84.1. The van der Waals surface area contributed by atoms with Crippen LogP contribution in [0.25, 0.3) is 0 Å². The lowest BCUT2D eigenvalue weighted by Crippen LogP contribution is -2.60. The zero-order valence-corrected chi connectivity index (χ0v) is 33.4. The first-order valence-electron chi connectivity index (χ1n) is 19.2. The van der Waals surface area contributed by atoms with Crippen LogP contribution in [0.2, 0.25) is 0 Å². The van der Waals surface area contributed by atoms with Crippen molar-refractivity contribution in [1.82, 2.24) is 26.6 Å². The number of benzene rings is 2. The van der Waals surface area contributed by atoms with Crippen molar-refractivity contribution in [3.8, 4) is 0 Å². The Balaban J connectivity index is 2.36. The highest BCUT2D eigenvalue weighted by Gasteiger charge is 2.34. The number of nitrogens with one attached hydrogen (secondary N) is 5. The fraction of sp³-hybridized carbons (Fsp3) is 0.525. The summed E-state index contributed by atoms with van der Waals surface area (Å²) in [6, 6.07) is 10.5. The molecule has 0 aliphatic rings. The Morgan fingerprint density at radius 1 is 0.614 bits per heavy atom. The van der Waals surface area contributed by atoms with E-state index in [4.69, 9.17) is 17.2 Å². The van der Waals surface area contributed by atoms with Crippen molar-refractivity contribution >= 4 is 41.5 Å². The van der Waals surface area contributed by atoms with E-state index in [0.717, 1.165) is 5.56 Å². The summed E-state index contributed by atoms with van der Waals surface area (Å²) >= 11 is 0. The van der Waals surface area contributed by atoms with Gasteiger partial charge in [0.05, 0.1) is 12.1 Å². The SMILES string of the molecule is CC(C)C[C@H](NC(=O)[C@H](CC(C)C)NC(=O)[C@@H](N)Cc1ccccc1)C(=O)N[C@@H](CCCN=C(N)N)C(=O)N[C@@H](Cc1ccccc1)C(=O)N[C@H](C(=O)O)[C@@H](C)O. The Hall–Kier alpha value is -5.55. The molecule has 0 fully saturated rings. The summed E-state index contributed by atoms with van der Waals surface area (Å²) in [5, 5.41) is 32.7. The van der Waals surface area contributed by atoms with Crippen LogP contribution in [0.1, 0.15) is 71.4 Å². The van der Waals surface area contributed by atoms with E-state index in [0.29, 0.717) is 5.56 Å². The molecule has 0 saturated heterocycles. The first-order valence-corrected chi connectivity index (χ1v) is 19.2. The van der Waals surface area contributed by atoms with Crippen LogP contribution in [0.5, 0.6) is 0 Å². The van der Waals surface area contributed by atoms with Crippen LogP contribution >= 0.6 is 0 Å². The number of carboxylic acid groups (broad SMARTS) is 1. The summed E-state index contributed by atoms with van der Waals surface area (Å²) in [6.07, 6.45) is -0.593. The fourth-order valence-electron chi connectivity index (χ4n) is 5.94. The molecule has 0 spiro atoms. The smallest absolute Gasteiger partial charge is 0.328 e. The Morgan fingerprint density at radius 2 is 1.04 bits per heavy atom. The molecule has 17 heteroatoms. The molecule has 0 heterocycles. The highest BCUT2D eigenvalue weighted by Crippen LogP contribution is 2.12. The maximum absolute atomic E-state index is 14.0. The first kappa shape index (κ1) is 47.6. The molecule has 13 N–H and O–H groups in total. The molecule has 5 amide bonds. The minimum Gasteiger partial charge on any atom is -0.480 e. The monoisotopic (exact) mass is 795 g/mol. The number of aliphatic hydroxyl groups is 1. The van der Waals surface area contributed by atoms with Crippen LogP contribution in [0.15, 0.2) is 65.7 Å². The van der Waals surface area contributed by atoms with Gasteiger partial charge in [0.15, 0.2) is 12.0 Å². The summed E-state index contributed by atoms with van der Waals surface area (Å²) < 4.78 is 0. The van der Waals surface area contributed by atoms with Crippen molar-refractivity contribution < 1.29 is 39.0 Å². The molecule has 0 unspecified atom stereocenters. The van der Waals surface area contributed by atoms with E-state index in [1.165, 1.54) is 6.92 Å². The highest BCUT2D eigenvalue weighted by atomic mass is 16.4. The molecule has 0 saturated carbocycles. The molecule has 0 aromatic heterocycles. The third kappa shape index (κ3) is 17.9. The molecule has 57 heavy (non-hydrogen) atoms. The number of nitrogens with zero attached hydrogens (tertiary/aromatic N) is 1. The third-order valence-electron chi connectivity index (χ3n) is 8.86. The fourth-order valence-corrected chi connectivity index (χ4v) is 5.94. The number of guanidine groups is 1. The van der Waals surface area contributed by atoms with Gasteiger partial charge in [-0.05, 0) is 62.0 Å². The number of aliphatic imine (C=N–C) groups is 1. The molecule has 17 nitrogen and oxygen atoms in total. The van der Waals surface area contributed by atoms with Gasteiger partial charge < -0.3 is 54.0 Å². The Labute approximate surface area is 334 Å². The van der Waals surface area contributed by atoms with Gasteiger partial charge in [0.25, 0.3) is 0 Å². The molecule has 2 rings (SSSR count). The van der Waals surface area contributed by atoms with E-state index in [-0.39, 0.29) is 62.9 Å². The number of nitrogens with two attached hydrogens (primary N) is 3. The van der Waals surface area contributed by atoms with Gasteiger partial charge in [-0.3, -0.25) is 29.0 Å². The van der Waals surface area contributed by atoms with Crippen LogP contribution in [-0.4, -0.2) is 101 Å². The average molecular weight is 796 g/mol. The van der Waals surface area contributed by atoms with Gasteiger partial charge in [-0.25, -0.2) is 4.79 Å². The number of aliphatic hydroxyl groups excluding tert-OH is 1. The lowest BCUT2D eigenvalue weighted by molar-refractivity contribution is -0.145. The molecule has 7 atom stereocenters. The molecular formula is C40H61N9O8. The van der Waals surface area contributed by atoms with Gasteiger partial charge in [-0.15, -0.1) is 0 Å². The second-order valence-electron chi connectivity index (χ2n) is 15.0. The second kappa shape index (κ2) is 24.2. The zero-order chi connectivity index (χ0) is 42.7. The van der Waals surface area contributed by atoms with E-state index >= 15 is 0 Å². The molecule has 2 aromatic carbocycles. The number of hydrogen-bond acceptors (Lipinski definition) is 9. The average Bonchev–Trinajstić information content (AvgIpc) is 3.13. The first-order chi connectivity index (χ1) is 26.9. The Morgan fingerprint density at radius 3 is 1.49 bits per heavy atom. The molecule has 0 aliphatic carbocycles. The van der Waals surface area contributed by atoms with E-state index in [9.17, 15) is 39.0 Å². The van der Waals surface area contributed by atoms with E-state index in [2.05, 4.69) is 31.6 Å². The number of carboxylic acids is 1. The topological polar surface area (TPSA) is 293 Å². The Kier molecular flexibility index (Phi) is 20.2. The number of amides is 5. The normalized spacial score (nSPS) is 14.8. The largest absolute Gasteiger partial charge is 0.480 e. The Bertz CT molecular complexity index is 1640. The van der Waals surface area contributed by atoms with Crippen molar-refractivity contribution in [3.05, 3.63) is 71.8 Å². The van der Waals surface area contributed by atoms with Gasteiger partial charge in [-0.1, -0.05) is 88.4 Å². The van der Waals surface area contributed by atoms with Gasteiger partial charge in [0.1, 0.15) is 24.2 Å². The van der Waals surface area contributed by atoms with E-state index in [1.807, 2.05) is 58.0 Å². The minimum atomic E-state index is -1.66. The quantitative estimate of drug-likeness (QED) is 0.0378. The molecule has 0 bridgehead atoms. The van der Waals surface area contributed by atoms with Gasteiger partial charge >= 0.3 is 5.97 Å². The standard InChI is InChI=1S/C40H61N9O8/c1-23(2)19-30(46-34(51)28(41)21-26-13-8-6-9-14-26)37(54)47-31(20-24(3)4)36(53)45-29(17-12-18-44-40(42)43)35(52)48-32(22-27-15-10-7-11-16-27)38(55)49-33(25(5)50)39(56)57/h6-11,13-16,23-25,28-33,50H,12,17-22,41H2,1-5H3,(H,45,53)(H,46,51)(H,47,54)(H,48,52)(H,49,55)(H,56,57)(H4,42,43,44)/t25-,28+,29+,30+,31+,32+,33+/m1/s1. The predicted molar refractivity (Wildman–Crippen MR) is 216 cm³/mol. The van der Waals surface area contributed by atoms with Crippen molar-refractivity contribution in [1.29, 1.82) is 0 Å². The minimum absolute atomic E-state index is 0.00708. The summed E-state index contributed by atoms with van der Waals surface area (Å²) in [5.41, 5.74) is 18.6. The maximum Gasteiger partial charge on any atom is 0.328 e. The van der Waals surface area contributed by atoms with Gasteiger partial charge in [0, 0.05) is 13.0 Å². The van der Waals surface area contributed by atoms with Crippen molar-refractivity contribution in [2.24, 2.45) is 34.0 Å². The summed E-state index contributed by atoms with van der Waals surface area (Å²) in [5.74, 6) is -5.25. The number of aliphatic carboxylic acids is 1. The second-order valence-corrected chi connectivity index (χ2v) is 15.0. The van der Waals surface area contributed by atoms with E-state index < -0.39 is 77.9 Å². The van der Waals surface area contributed by atoms with Crippen molar-refractivity contribution in [2.75, 3.05) is 6.54 Å². The zero-order valence-electron chi connectivity index (χ0n) is 33.4. The van der Waals surface area contributed by atoms with Gasteiger partial charge in [-0.2, -0.15) is 0 Å². The van der Waals surface area contributed by atoms with E-state index in [1.54, 1.807) is 30.3 Å². The number of carbonyl (C=O) groups is 6. The third-order valence-corrected chi connectivity index (χ3v) is 8.86. The van der Waals surface area contributed by atoms with Crippen LogP contribution in [0.4, 0.5) is 0 Å². The number of hydrogen-bond donors (Lipinski definition) is 10. The molecule has 0 aliphatic heterocycles. The van der Waals surface area contributed by atoms with Crippen LogP contribution in [0, 0.1) is 11.8 Å². The molecule has 2 aromatic rings. The highest BCUT2D eigenvalue weighted by molar-refractivity contribution is 5.96. The summed E-state index contributed by atoms with van der Waals surface area (Å²) in [7, 11) is 0. The lowest BCUT2D eigenvalue weighted by Gasteiger charge is -2.28. The molecule has 314 valence electrons. The maximum atomic E-state index is 14.0. The summed E-state index contributed by atoms with van der Waals surface area (Å²) in [6.45, 7) is 8.80. The van der Waals surface area contributed by atoms with Crippen LogP contribution in [-0.2, 0) is 41.6 Å². The predicted octanol–water partition coefficient (Wildman–Crippen LogP) is -0.166. The van der Waals surface area contributed by atoms with Crippen LogP contribution in [0.3, 0.4) is 0 Å². The molecule has 0 radical (unpaired) electrons. The lowest BCUT2D eigenvalue weighted by atomic mass is 9.99. The molecular weight excluding hydrogens is 734 g/mol. The van der Waals surface area contributed by atoms with Crippen LogP contribution < -0.4 is 43.8 Å². The number of carbonyl (C=O) groups excluding carboxylic acids is 5.